The summed E-state index contributed by atoms with van der Waals surface area (Å²) in [7, 11) is 0. The molecule has 0 amide bonds. The Kier molecular flexibility index (Phi) is 8.08. The minimum atomic E-state index is -0.379. The molecule has 2 saturated carbocycles. The van der Waals surface area contributed by atoms with Crippen LogP contribution in [0, 0.1) is 0 Å². The van der Waals surface area contributed by atoms with Gasteiger partial charge in [-0.3, -0.25) is 13.9 Å². The summed E-state index contributed by atoms with van der Waals surface area (Å²) in [6.07, 6.45) is 10.5. The van der Waals surface area contributed by atoms with Crippen LogP contribution in [0.5, 0.6) is 0 Å². The van der Waals surface area contributed by atoms with Gasteiger partial charge in [0.15, 0.2) is 11.4 Å². The Hall–Kier alpha value is -3.83. The van der Waals surface area contributed by atoms with Crippen LogP contribution in [0.15, 0.2) is 91.7 Å². The highest BCUT2D eigenvalue weighted by atomic mass is 32.1. The fourth-order valence-corrected chi connectivity index (χ4v) is 6.64. The second-order valence-electron chi connectivity index (χ2n) is 11.1. The van der Waals surface area contributed by atoms with Gasteiger partial charge in [-0.25, -0.2) is 9.78 Å². The first-order chi connectivity index (χ1) is 21.1. The van der Waals surface area contributed by atoms with Gasteiger partial charge in [0, 0.05) is 48.0 Å². The Bertz CT molecular complexity index is 1870. The molecule has 0 unspecified atom stereocenters. The number of thiophene rings is 2. The third kappa shape index (κ3) is 6.42. The molecule has 5 heterocycles. The zero-order valence-corrected chi connectivity index (χ0v) is 25.3. The molecule has 0 radical (unpaired) electrons. The van der Waals surface area contributed by atoms with Crippen molar-refractivity contribution in [1.82, 2.24) is 24.8 Å². The fraction of sp³-hybridized carbons (Fsp3) is 0.303. The largest absolute Gasteiger partial charge is 0.463 e. The molecule has 7 rings (SSSR count). The smallest absolute Gasteiger partial charge is 0.333 e. The lowest BCUT2D eigenvalue weighted by atomic mass is 10.2. The van der Waals surface area contributed by atoms with Gasteiger partial charge in [0.25, 0.3) is 5.56 Å². The van der Waals surface area contributed by atoms with E-state index < -0.39 is 0 Å². The van der Waals surface area contributed by atoms with Crippen LogP contribution in [0.2, 0.25) is 0 Å². The summed E-state index contributed by atoms with van der Waals surface area (Å²) >= 11 is 3.34. The summed E-state index contributed by atoms with van der Waals surface area (Å²) in [5.74, 6) is 0.584. The third-order valence-electron chi connectivity index (χ3n) is 7.87. The topological polar surface area (TPSA) is 94.1 Å². The first-order valence-corrected chi connectivity index (χ1v) is 16.5. The number of nitrogens with one attached hydrogen (secondary N) is 2. The van der Waals surface area contributed by atoms with Crippen molar-refractivity contribution in [2.75, 3.05) is 13.1 Å². The summed E-state index contributed by atoms with van der Waals surface area (Å²) in [4.78, 5) is 35.0. The van der Waals surface area contributed by atoms with Crippen LogP contribution in [0.4, 0.5) is 0 Å². The van der Waals surface area contributed by atoms with Crippen molar-refractivity contribution in [3.05, 3.63) is 108 Å². The molecule has 0 saturated heterocycles. The molecule has 5 aromatic rings. The number of hydrogen-bond donors (Lipinski definition) is 2. The zero-order valence-electron chi connectivity index (χ0n) is 23.7. The predicted molar refractivity (Wildman–Crippen MR) is 175 cm³/mol. The highest BCUT2D eigenvalue weighted by Crippen LogP contribution is 2.25. The molecule has 0 aliphatic heterocycles. The van der Waals surface area contributed by atoms with Crippen molar-refractivity contribution in [1.29, 1.82) is 0 Å². The number of hydrogen-bond acceptors (Lipinski definition) is 8. The Morgan fingerprint density at radius 1 is 0.837 bits per heavy atom. The molecule has 10 heteroatoms. The van der Waals surface area contributed by atoms with Gasteiger partial charge >= 0.3 is 5.69 Å². The van der Waals surface area contributed by atoms with Crippen LogP contribution in [0.1, 0.15) is 35.4 Å². The first-order valence-electron chi connectivity index (χ1n) is 14.7. The van der Waals surface area contributed by atoms with Gasteiger partial charge in [0.05, 0.1) is 11.6 Å². The average molecular weight is 612 g/mol. The van der Waals surface area contributed by atoms with E-state index in [1.165, 1.54) is 30.3 Å². The SMILES string of the molecule is O=c1c2ccc(-c3ccco3)nc2n(C/C=C(\CNC2CC2)c2cccs2)c(=O)n1C/C=C(\CNC1CC1)c1cccs1. The van der Waals surface area contributed by atoms with E-state index in [1.54, 1.807) is 51.7 Å². The monoisotopic (exact) mass is 611 g/mol. The molecule has 0 atom stereocenters. The quantitative estimate of drug-likeness (QED) is 0.180. The molecule has 2 fully saturated rings. The Labute approximate surface area is 257 Å². The lowest BCUT2D eigenvalue weighted by molar-refractivity contribution is 0.579. The molecule has 43 heavy (non-hydrogen) atoms. The first kappa shape index (κ1) is 28.0. The Balaban J connectivity index is 1.30. The van der Waals surface area contributed by atoms with Crippen molar-refractivity contribution in [3.8, 4) is 11.5 Å². The minimum absolute atomic E-state index is 0.178. The maximum Gasteiger partial charge on any atom is 0.333 e. The highest BCUT2D eigenvalue weighted by molar-refractivity contribution is 7.11. The van der Waals surface area contributed by atoms with Crippen LogP contribution >= 0.6 is 22.7 Å². The third-order valence-corrected chi connectivity index (χ3v) is 9.77. The molecule has 2 aliphatic carbocycles. The normalized spacial score (nSPS) is 15.9. The van der Waals surface area contributed by atoms with Crippen LogP contribution in [0.3, 0.4) is 0 Å². The number of aromatic nitrogens is 3. The Morgan fingerprint density at radius 2 is 1.47 bits per heavy atom. The van der Waals surface area contributed by atoms with Crippen LogP contribution < -0.4 is 21.9 Å². The van der Waals surface area contributed by atoms with Crippen molar-refractivity contribution in [3.63, 3.8) is 0 Å². The summed E-state index contributed by atoms with van der Waals surface area (Å²) < 4.78 is 8.54. The molecular weight excluding hydrogens is 579 g/mol. The molecule has 8 nitrogen and oxygen atoms in total. The van der Waals surface area contributed by atoms with Gasteiger partial charge in [-0.15, -0.1) is 22.7 Å². The molecule has 2 aliphatic rings. The maximum atomic E-state index is 14.1. The lowest BCUT2D eigenvalue weighted by Gasteiger charge is -2.14. The molecule has 0 spiro atoms. The van der Waals surface area contributed by atoms with Crippen LogP contribution in [0.25, 0.3) is 33.6 Å². The highest BCUT2D eigenvalue weighted by Gasteiger charge is 2.22. The number of furan rings is 1. The van der Waals surface area contributed by atoms with E-state index >= 15 is 0 Å². The standard InChI is InChI=1S/C33H33N5O3S2/c39-32-26-11-12-27(28-4-1-17-41-28)36-31(26)37(15-13-22(20-34-24-7-8-24)29-5-2-18-42-29)33(40)38(32)16-14-23(21-35-25-9-10-25)30-6-3-19-43-30/h1-6,11-14,17-19,24-25,34-35H,7-10,15-16,20-21H2/b22-13+,23-14+. The summed E-state index contributed by atoms with van der Waals surface area (Å²) in [5, 5.41) is 11.7. The fourth-order valence-electron chi connectivity index (χ4n) is 5.11. The second kappa shape index (κ2) is 12.4. The van der Waals surface area contributed by atoms with E-state index in [9.17, 15) is 9.59 Å². The molecule has 220 valence electrons. The zero-order chi connectivity index (χ0) is 29.2. The predicted octanol–water partition coefficient (Wildman–Crippen LogP) is 5.61. The molecule has 0 bridgehead atoms. The van der Waals surface area contributed by atoms with Crippen LogP contribution in [-0.2, 0) is 13.1 Å². The van der Waals surface area contributed by atoms with Gasteiger partial charge in [-0.1, -0.05) is 24.3 Å². The molecular formula is C33H33N5O3S2. The number of allylic oxidation sites excluding steroid dienone is 2. The minimum Gasteiger partial charge on any atom is -0.463 e. The van der Waals surface area contributed by atoms with E-state index in [2.05, 4.69) is 34.2 Å². The lowest BCUT2D eigenvalue weighted by Crippen LogP contribution is -2.40. The maximum absolute atomic E-state index is 14.1. The number of nitrogens with zero attached hydrogens (tertiary/aromatic N) is 3. The van der Waals surface area contributed by atoms with E-state index in [0.717, 1.165) is 27.4 Å². The van der Waals surface area contributed by atoms with Gasteiger partial charge in [-0.2, -0.15) is 0 Å². The number of rotatable bonds is 13. The van der Waals surface area contributed by atoms with Crippen molar-refractivity contribution >= 4 is 44.9 Å². The van der Waals surface area contributed by atoms with Crippen molar-refractivity contribution in [2.24, 2.45) is 0 Å². The van der Waals surface area contributed by atoms with Gasteiger partial charge < -0.3 is 15.1 Å². The van der Waals surface area contributed by atoms with E-state index in [-0.39, 0.29) is 24.3 Å². The van der Waals surface area contributed by atoms with Crippen LogP contribution in [-0.4, -0.2) is 39.3 Å². The van der Waals surface area contributed by atoms with Gasteiger partial charge in [0.1, 0.15) is 5.69 Å². The van der Waals surface area contributed by atoms with Gasteiger partial charge in [-0.05, 0) is 84.0 Å². The summed E-state index contributed by atoms with van der Waals surface area (Å²) in [5.41, 5.74) is 2.44. The molecule has 2 N–H and O–H groups in total. The van der Waals surface area contributed by atoms with E-state index in [1.807, 2.05) is 29.7 Å². The number of pyridine rings is 1. The van der Waals surface area contributed by atoms with E-state index in [0.29, 0.717) is 41.1 Å². The number of fused-ring (bicyclic) bond motifs is 1. The van der Waals surface area contributed by atoms with Crippen molar-refractivity contribution in [2.45, 2.75) is 50.9 Å². The molecule has 5 aromatic heterocycles. The molecule has 0 aromatic carbocycles. The average Bonchev–Trinajstić information content (AvgIpc) is 3.77. The second-order valence-corrected chi connectivity index (χ2v) is 13.0. The van der Waals surface area contributed by atoms with Crippen molar-refractivity contribution < 1.29 is 4.42 Å². The Morgan fingerprint density at radius 3 is 2.00 bits per heavy atom. The van der Waals surface area contributed by atoms with E-state index in [4.69, 9.17) is 9.40 Å². The summed E-state index contributed by atoms with van der Waals surface area (Å²) in [6.45, 7) is 1.90. The van der Waals surface area contributed by atoms with Gasteiger partial charge in [0.2, 0.25) is 0 Å². The summed E-state index contributed by atoms with van der Waals surface area (Å²) in [6, 6.07) is 16.5.